The molecule has 0 aliphatic carbocycles. The average molecular weight is 592 g/mol. The van der Waals surface area contributed by atoms with Gasteiger partial charge < -0.3 is 26.4 Å². The predicted molar refractivity (Wildman–Crippen MR) is 143 cm³/mol. The van der Waals surface area contributed by atoms with Crippen LogP contribution < -0.4 is 16.4 Å². The van der Waals surface area contributed by atoms with Crippen molar-refractivity contribution in [1.82, 2.24) is 19.5 Å². The fourth-order valence-corrected chi connectivity index (χ4v) is 5.05. The standard InChI is InChI=1S/C26H22ClF4N7O3/c27-17-9-14(1-4-19(17)35-24(39)36-20-10-15(26(29,30)31)2-3-18(20)28)16-11-21(38-22(16)23(32)33-12-34-38)13-5-7-37(8-6-13)25(40)41/h1-4,9-13H,5-8H2,(H,40,41)(H2,32,33,34)(H2,35,36,39). The Kier molecular flexibility index (Phi) is 7.34. The van der Waals surface area contributed by atoms with Gasteiger partial charge in [0.1, 0.15) is 17.7 Å². The van der Waals surface area contributed by atoms with Crippen LogP contribution >= 0.6 is 11.6 Å². The van der Waals surface area contributed by atoms with Gasteiger partial charge in [-0.05, 0) is 54.8 Å². The molecule has 2 aromatic carbocycles. The van der Waals surface area contributed by atoms with E-state index >= 15 is 0 Å². The van der Waals surface area contributed by atoms with Crippen molar-refractivity contribution in [3.63, 3.8) is 0 Å². The van der Waals surface area contributed by atoms with Crippen LogP contribution in [0.25, 0.3) is 16.6 Å². The smallest absolute Gasteiger partial charge is 0.416 e. The van der Waals surface area contributed by atoms with Gasteiger partial charge in [0.05, 0.1) is 22.0 Å². The third-order valence-corrected chi connectivity index (χ3v) is 7.18. The Labute approximate surface area is 234 Å². The molecular formula is C26H22ClF4N7O3. The highest BCUT2D eigenvalue weighted by molar-refractivity contribution is 6.34. The zero-order valence-electron chi connectivity index (χ0n) is 21.0. The lowest BCUT2D eigenvalue weighted by molar-refractivity contribution is -0.137. The van der Waals surface area contributed by atoms with Crippen LogP contribution in [0.3, 0.4) is 0 Å². The van der Waals surface area contributed by atoms with E-state index in [0.29, 0.717) is 60.8 Å². The summed E-state index contributed by atoms with van der Waals surface area (Å²) in [6.45, 7) is 0.754. The Hall–Kier alpha value is -4.59. The van der Waals surface area contributed by atoms with E-state index in [1.54, 1.807) is 16.6 Å². The molecule has 10 nitrogen and oxygen atoms in total. The van der Waals surface area contributed by atoms with Crippen LogP contribution in [0, 0.1) is 5.82 Å². The van der Waals surface area contributed by atoms with Crippen molar-refractivity contribution in [2.75, 3.05) is 29.5 Å². The van der Waals surface area contributed by atoms with Gasteiger partial charge in [0.25, 0.3) is 0 Å². The topological polar surface area (TPSA) is 138 Å². The Morgan fingerprint density at radius 3 is 2.41 bits per heavy atom. The second kappa shape index (κ2) is 10.8. The highest BCUT2D eigenvalue weighted by Gasteiger charge is 2.31. The van der Waals surface area contributed by atoms with Crippen LogP contribution in [0.2, 0.25) is 5.02 Å². The first-order valence-electron chi connectivity index (χ1n) is 12.3. The zero-order chi connectivity index (χ0) is 29.5. The zero-order valence-corrected chi connectivity index (χ0v) is 21.8. The number of fused-ring (bicyclic) bond motifs is 1. The van der Waals surface area contributed by atoms with Crippen LogP contribution in [0.1, 0.15) is 30.0 Å². The number of carbonyl (C=O) groups is 2. The van der Waals surface area contributed by atoms with Crippen LogP contribution in [0.4, 0.5) is 44.3 Å². The second-order valence-corrected chi connectivity index (χ2v) is 9.81. The number of carbonyl (C=O) groups excluding carboxylic acids is 1. The van der Waals surface area contributed by atoms with Crippen molar-refractivity contribution in [1.29, 1.82) is 0 Å². The monoisotopic (exact) mass is 591 g/mol. The summed E-state index contributed by atoms with van der Waals surface area (Å²) in [6, 6.07) is 7.25. The molecule has 4 aromatic rings. The molecule has 0 unspecified atom stereocenters. The summed E-state index contributed by atoms with van der Waals surface area (Å²) in [7, 11) is 0. The first-order valence-corrected chi connectivity index (χ1v) is 12.6. The lowest BCUT2D eigenvalue weighted by Gasteiger charge is -2.29. The van der Waals surface area contributed by atoms with E-state index in [4.69, 9.17) is 17.3 Å². The number of anilines is 3. The molecule has 3 heterocycles. The minimum absolute atomic E-state index is 0.0116. The molecule has 1 aliphatic rings. The number of carboxylic acid groups (broad SMARTS) is 1. The summed E-state index contributed by atoms with van der Waals surface area (Å²) >= 11 is 6.44. The molecule has 5 rings (SSSR count). The van der Waals surface area contributed by atoms with Crippen LogP contribution in [0.5, 0.6) is 0 Å². The average Bonchev–Trinajstić information content (AvgIpc) is 3.31. The maximum absolute atomic E-state index is 14.0. The van der Waals surface area contributed by atoms with Crippen molar-refractivity contribution in [2.45, 2.75) is 24.9 Å². The van der Waals surface area contributed by atoms with Gasteiger partial charge in [-0.15, -0.1) is 0 Å². The van der Waals surface area contributed by atoms with E-state index in [-0.39, 0.29) is 22.4 Å². The number of alkyl halides is 3. The molecule has 41 heavy (non-hydrogen) atoms. The quantitative estimate of drug-likeness (QED) is 0.206. The van der Waals surface area contributed by atoms with Gasteiger partial charge in [0.15, 0.2) is 5.82 Å². The summed E-state index contributed by atoms with van der Waals surface area (Å²) < 4.78 is 54.7. The van der Waals surface area contributed by atoms with E-state index in [0.717, 1.165) is 5.69 Å². The molecule has 0 saturated carbocycles. The number of amides is 3. The minimum Gasteiger partial charge on any atom is -0.465 e. The summed E-state index contributed by atoms with van der Waals surface area (Å²) in [5, 5.41) is 18.2. The molecule has 5 N–H and O–H groups in total. The van der Waals surface area contributed by atoms with E-state index < -0.39 is 35.4 Å². The third-order valence-electron chi connectivity index (χ3n) is 6.86. The number of aromatic nitrogens is 3. The van der Waals surface area contributed by atoms with Gasteiger partial charge in [0, 0.05) is 30.3 Å². The summed E-state index contributed by atoms with van der Waals surface area (Å²) in [5.41, 5.74) is 7.17. The minimum atomic E-state index is -4.72. The molecule has 15 heteroatoms. The second-order valence-electron chi connectivity index (χ2n) is 9.40. The molecule has 0 spiro atoms. The fraction of sp³-hybridized carbons (Fsp3) is 0.231. The molecule has 0 bridgehead atoms. The van der Waals surface area contributed by atoms with E-state index in [1.807, 2.05) is 6.07 Å². The molecular weight excluding hydrogens is 570 g/mol. The van der Waals surface area contributed by atoms with Crippen molar-refractivity contribution in [3.05, 3.63) is 70.9 Å². The van der Waals surface area contributed by atoms with Gasteiger partial charge in [-0.3, -0.25) is 0 Å². The molecule has 2 aromatic heterocycles. The maximum Gasteiger partial charge on any atom is 0.416 e. The Bertz CT molecular complexity index is 1650. The fourth-order valence-electron chi connectivity index (χ4n) is 4.83. The van der Waals surface area contributed by atoms with Gasteiger partial charge >= 0.3 is 18.3 Å². The third kappa shape index (κ3) is 5.68. The van der Waals surface area contributed by atoms with E-state index in [9.17, 15) is 32.3 Å². The van der Waals surface area contributed by atoms with Crippen molar-refractivity contribution < 1.29 is 32.3 Å². The van der Waals surface area contributed by atoms with Crippen molar-refractivity contribution >= 4 is 46.4 Å². The van der Waals surface area contributed by atoms with Crippen LogP contribution in [-0.2, 0) is 6.18 Å². The molecule has 0 radical (unpaired) electrons. The molecule has 3 amide bonds. The number of nitrogens with zero attached hydrogens (tertiary/aromatic N) is 4. The van der Waals surface area contributed by atoms with Crippen LogP contribution in [-0.4, -0.2) is 49.8 Å². The lowest BCUT2D eigenvalue weighted by atomic mass is 9.93. The van der Waals surface area contributed by atoms with Crippen molar-refractivity contribution in [3.8, 4) is 11.1 Å². The Balaban J connectivity index is 1.39. The SMILES string of the molecule is Nc1ncnn2c(C3CCN(C(=O)O)CC3)cc(-c3ccc(NC(=O)Nc4cc(C(F)(F)F)ccc4F)c(Cl)c3)c12. The number of nitrogens with one attached hydrogen (secondary N) is 2. The molecule has 1 aliphatic heterocycles. The Morgan fingerprint density at radius 2 is 1.76 bits per heavy atom. The molecule has 214 valence electrons. The number of likely N-dealkylation sites (tertiary alicyclic amines) is 1. The number of nitrogens with two attached hydrogens (primary N) is 1. The largest absolute Gasteiger partial charge is 0.465 e. The number of piperidine rings is 1. The number of nitrogen functional groups attached to an aromatic ring is 1. The van der Waals surface area contributed by atoms with Gasteiger partial charge in [-0.1, -0.05) is 17.7 Å². The van der Waals surface area contributed by atoms with E-state index in [1.165, 1.54) is 17.3 Å². The molecule has 1 fully saturated rings. The Morgan fingerprint density at radius 1 is 1.05 bits per heavy atom. The molecule has 0 atom stereocenters. The van der Waals surface area contributed by atoms with Crippen LogP contribution in [0.15, 0.2) is 48.8 Å². The molecule has 1 saturated heterocycles. The normalized spacial score (nSPS) is 14.3. The number of halogens is 5. The highest BCUT2D eigenvalue weighted by atomic mass is 35.5. The van der Waals surface area contributed by atoms with Crippen molar-refractivity contribution in [2.24, 2.45) is 0 Å². The van der Waals surface area contributed by atoms with Gasteiger partial charge in [-0.25, -0.2) is 23.5 Å². The summed E-state index contributed by atoms with van der Waals surface area (Å²) in [4.78, 5) is 29.2. The first kappa shape index (κ1) is 28.0. The van der Waals surface area contributed by atoms with E-state index in [2.05, 4.69) is 20.7 Å². The predicted octanol–water partition coefficient (Wildman–Crippen LogP) is 6.29. The lowest BCUT2D eigenvalue weighted by Crippen LogP contribution is -2.37. The number of benzene rings is 2. The summed E-state index contributed by atoms with van der Waals surface area (Å²) in [6.07, 6.45) is -3.17. The number of hydrogen-bond acceptors (Lipinski definition) is 5. The number of urea groups is 1. The van der Waals surface area contributed by atoms with Gasteiger partial charge in [-0.2, -0.15) is 18.3 Å². The summed E-state index contributed by atoms with van der Waals surface area (Å²) in [5.74, 6) is -0.818. The maximum atomic E-state index is 14.0. The highest BCUT2D eigenvalue weighted by Crippen LogP contribution is 2.38. The number of rotatable bonds is 4. The van der Waals surface area contributed by atoms with Gasteiger partial charge in [0.2, 0.25) is 0 Å². The first-order chi connectivity index (χ1) is 19.4. The number of hydrogen-bond donors (Lipinski definition) is 4.